The van der Waals surface area contributed by atoms with E-state index in [0.29, 0.717) is 42.9 Å². The molecule has 4 heterocycles. The molecule has 0 radical (unpaired) electrons. The molecule has 0 atom stereocenters. The van der Waals surface area contributed by atoms with Crippen molar-refractivity contribution >= 4 is 17.5 Å². The molecule has 0 spiro atoms. The number of piperidine rings is 1. The molecule has 2 aromatic heterocycles. The Kier molecular flexibility index (Phi) is 8.03. The SMILES string of the molecule is NC1CCN(CCCCn2ccc(Nc3cc(C(=O)N4CCNCC4)ccn3)nc2=O)CC1. The van der Waals surface area contributed by atoms with Gasteiger partial charge in [0.2, 0.25) is 0 Å². The van der Waals surface area contributed by atoms with Crippen molar-refractivity contribution in [1.82, 2.24) is 29.7 Å². The molecule has 0 aliphatic carbocycles. The second kappa shape index (κ2) is 11.4. The number of amides is 1. The molecule has 2 aliphatic rings. The molecule has 0 aromatic carbocycles. The zero-order valence-corrected chi connectivity index (χ0v) is 19.1. The molecule has 10 heteroatoms. The first kappa shape index (κ1) is 23.3. The van der Waals surface area contributed by atoms with Crippen LogP contribution >= 0.6 is 0 Å². The Bertz CT molecular complexity index is 980. The van der Waals surface area contributed by atoms with E-state index in [9.17, 15) is 9.59 Å². The zero-order chi connectivity index (χ0) is 23.0. The van der Waals surface area contributed by atoms with Gasteiger partial charge in [-0.05, 0) is 63.5 Å². The van der Waals surface area contributed by atoms with Gasteiger partial charge < -0.3 is 26.2 Å². The normalized spacial score (nSPS) is 17.8. The molecule has 2 aliphatic heterocycles. The smallest absolute Gasteiger partial charge is 0.336 e. The Balaban J connectivity index is 1.28. The van der Waals surface area contributed by atoms with E-state index < -0.39 is 0 Å². The number of aromatic nitrogens is 3. The number of carbonyl (C=O) groups excluding carboxylic acids is 1. The summed E-state index contributed by atoms with van der Waals surface area (Å²) in [4.78, 5) is 37.8. The third-order valence-corrected chi connectivity index (χ3v) is 6.30. The van der Waals surface area contributed by atoms with E-state index in [1.807, 2.05) is 4.90 Å². The predicted molar refractivity (Wildman–Crippen MR) is 128 cm³/mol. The van der Waals surface area contributed by atoms with Crippen molar-refractivity contribution in [3.63, 3.8) is 0 Å². The summed E-state index contributed by atoms with van der Waals surface area (Å²) in [6, 6.07) is 5.52. The molecular weight excluding hydrogens is 420 g/mol. The molecule has 0 saturated carbocycles. The highest BCUT2D eigenvalue weighted by molar-refractivity contribution is 5.95. The van der Waals surface area contributed by atoms with Gasteiger partial charge in [-0.3, -0.25) is 9.36 Å². The molecule has 33 heavy (non-hydrogen) atoms. The fraction of sp³-hybridized carbons (Fsp3) is 0.565. The summed E-state index contributed by atoms with van der Waals surface area (Å²) in [6.07, 6.45) is 7.45. The Hall–Kier alpha value is -2.82. The van der Waals surface area contributed by atoms with Crippen LogP contribution in [0.4, 0.5) is 11.6 Å². The Morgan fingerprint density at radius 2 is 1.85 bits per heavy atom. The minimum absolute atomic E-state index is 0.0160. The summed E-state index contributed by atoms with van der Waals surface area (Å²) in [5.74, 6) is 0.889. The molecule has 4 rings (SSSR count). The first-order chi connectivity index (χ1) is 16.1. The van der Waals surface area contributed by atoms with Crippen molar-refractivity contribution in [2.24, 2.45) is 5.73 Å². The molecule has 1 amide bonds. The van der Waals surface area contributed by atoms with E-state index >= 15 is 0 Å². The zero-order valence-electron chi connectivity index (χ0n) is 19.1. The second-order valence-electron chi connectivity index (χ2n) is 8.77. The highest BCUT2D eigenvalue weighted by Crippen LogP contribution is 2.14. The Morgan fingerprint density at radius 1 is 1.09 bits per heavy atom. The lowest BCUT2D eigenvalue weighted by atomic mass is 10.1. The first-order valence-corrected chi connectivity index (χ1v) is 11.9. The largest absolute Gasteiger partial charge is 0.349 e. The lowest BCUT2D eigenvalue weighted by Crippen LogP contribution is -2.46. The lowest BCUT2D eigenvalue weighted by molar-refractivity contribution is 0.0735. The molecule has 2 saturated heterocycles. The molecular formula is C23H34N8O2. The average Bonchev–Trinajstić information content (AvgIpc) is 2.84. The number of hydrogen-bond acceptors (Lipinski definition) is 8. The number of hydrogen-bond donors (Lipinski definition) is 3. The number of nitrogens with two attached hydrogens (primary N) is 1. The fourth-order valence-corrected chi connectivity index (χ4v) is 4.28. The number of pyridine rings is 1. The van der Waals surface area contributed by atoms with Gasteiger partial charge in [0.05, 0.1) is 0 Å². The van der Waals surface area contributed by atoms with E-state index in [1.54, 1.807) is 35.2 Å². The van der Waals surface area contributed by atoms with E-state index in [4.69, 9.17) is 5.73 Å². The van der Waals surface area contributed by atoms with Crippen LogP contribution in [0.5, 0.6) is 0 Å². The monoisotopic (exact) mass is 454 g/mol. The predicted octanol–water partition coefficient (Wildman–Crippen LogP) is 0.631. The molecule has 4 N–H and O–H groups in total. The van der Waals surface area contributed by atoms with Crippen molar-refractivity contribution < 1.29 is 4.79 Å². The van der Waals surface area contributed by atoms with Crippen LogP contribution in [0.25, 0.3) is 0 Å². The number of nitrogens with one attached hydrogen (secondary N) is 2. The van der Waals surface area contributed by atoms with Crippen LogP contribution in [0.15, 0.2) is 35.4 Å². The summed E-state index contributed by atoms with van der Waals surface area (Å²) in [7, 11) is 0. The third kappa shape index (κ3) is 6.59. The Labute approximate surface area is 194 Å². The number of nitrogens with zero attached hydrogens (tertiary/aromatic N) is 5. The number of carbonyl (C=O) groups is 1. The number of likely N-dealkylation sites (tertiary alicyclic amines) is 1. The quantitative estimate of drug-likeness (QED) is 0.497. The first-order valence-electron chi connectivity index (χ1n) is 11.9. The van der Waals surface area contributed by atoms with Crippen LogP contribution in [0.3, 0.4) is 0 Å². The van der Waals surface area contributed by atoms with Gasteiger partial charge in [-0.15, -0.1) is 0 Å². The van der Waals surface area contributed by atoms with Crippen molar-refractivity contribution in [2.75, 3.05) is 51.1 Å². The summed E-state index contributed by atoms with van der Waals surface area (Å²) in [5, 5.41) is 6.29. The molecule has 2 fully saturated rings. The van der Waals surface area contributed by atoms with Crippen LogP contribution in [0, 0.1) is 0 Å². The minimum atomic E-state index is -0.294. The van der Waals surface area contributed by atoms with Gasteiger partial charge in [0, 0.05) is 56.7 Å². The van der Waals surface area contributed by atoms with Gasteiger partial charge in [0.1, 0.15) is 11.6 Å². The molecule has 10 nitrogen and oxygen atoms in total. The van der Waals surface area contributed by atoms with Gasteiger partial charge in [-0.2, -0.15) is 4.98 Å². The average molecular weight is 455 g/mol. The third-order valence-electron chi connectivity index (χ3n) is 6.30. The van der Waals surface area contributed by atoms with Crippen molar-refractivity contribution in [2.45, 2.75) is 38.3 Å². The summed E-state index contributed by atoms with van der Waals surface area (Å²) in [6.45, 7) is 6.81. The van der Waals surface area contributed by atoms with Crippen LogP contribution in [0.2, 0.25) is 0 Å². The number of rotatable bonds is 8. The lowest BCUT2D eigenvalue weighted by Gasteiger charge is -2.29. The molecule has 2 aromatic rings. The molecule has 0 bridgehead atoms. The summed E-state index contributed by atoms with van der Waals surface area (Å²) < 4.78 is 1.63. The van der Waals surface area contributed by atoms with Gasteiger partial charge in [0.15, 0.2) is 0 Å². The van der Waals surface area contributed by atoms with Crippen LogP contribution in [0.1, 0.15) is 36.0 Å². The van der Waals surface area contributed by atoms with E-state index in [0.717, 1.165) is 58.4 Å². The standard InChI is InChI=1S/C23H34N8O2/c24-19-4-12-29(13-5-19)10-1-2-11-31-14-6-20(28-23(31)33)27-21-17-18(3-7-26-21)22(32)30-15-8-25-9-16-30/h3,6-7,14,17,19,25H,1-2,4-5,8-13,15-16,24H2,(H,26,27,28,33). The van der Waals surface area contributed by atoms with Crippen molar-refractivity contribution in [1.29, 1.82) is 0 Å². The second-order valence-corrected chi connectivity index (χ2v) is 8.77. The van der Waals surface area contributed by atoms with E-state index in [2.05, 4.69) is 25.5 Å². The Morgan fingerprint density at radius 3 is 2.61 bits per heavy atom. The number of piperazine rings is 1. The fourth-order valence-electron chi connectivity index (χ4n) is 4.28. The van der Waals surface area contributed by atoms with Crippen LogP contribution in [-0.4, -0.2) is 82.1 Å². The van der Waals surface area contributed by atoms with Gasteiger partial charge in [-0.25, -0.2) is 9.78 Å². The highest BCUT2D eigenvalue weighted by atomic mass is 16.2. The van der Waals surface area contributed by atoms with Gasteiger partial charge >= 0.3 is 5.69 Å². The maximum Gasteiger partial charge on any atom is 0.349 e. The van der Waals surface area contributed by atoms with E-state index in [1.165, 1.54) is 0 Å². The van der Waals surface area contributed by atoms with Crippen molar-refractivity contribution in [3.8, 4) is 0 Å². The maximum atomic E-state index is 12.7. The summed E-state index contributed by atoms with van der Waals surface area (Å²) in [5.41, 5.74) is 6.23. The molecule has 0 unspecified atom stereocenters. The van der Waals surface area contributed by atoms with Gasteiger partial charge in [0.25, 0.3) is 5.91 Å². The van der Waals surface area contributed by atoms with Crippen LogP contribution < -0.4 is 22.1 Å². The highest BCUT2D eigenvalue weighted by Gasteiger charge is 2.18. The van der Waals surface area contributed by atoms with Gasteiger partial charge in [-0.1, -0.05) is 0 Å². The summed E-state index contributed by atoms with van der Waals surface area (Å²) >= 11 is 0. The maximum absolute atomic E-state index is 12.7. The number of anilines is 2. The number of unbranched alkanes of at least 4 members (excludes halogenated alkanes) is 1. The van der Waals surface area contributed by atoms with Crippen LogP contribution in [-0.2, 0) is 6.54 Å². The topological polar surface area (TPSA) is 121 Å². The van der Waals surface area contributed by atoms with E-state index in [-0.39, 0.29) is 11.6 Å². The van der Waals surface area contributed by atoms with Crippen molar-refractivity contribution in [3.05, 3.63) is 46.6 Å². The number of aryl methyl sites for hydroxylation is 1. The minimum Gasteiger partial charge on any atom is -0.336 e. The molecule has 178 valence electrons.